The Morgan fingerprint density at radius 1 is 0.831 bits per heavy atom. The van der Waals surface area contributed by atoms with Crippen molar-refractivity contribution < 1.29 is 75.9 Å². The van der Waals surface area contributed by atoms with Gasteiger partial charge in [0.2, 0.25) is 23.6 Å². The SMILES string of the molecule is CC(C)(C)[C@H](c1cc(-c2cc(F)ccc2F)cn1Cc1ccccc1)N(CC[C@H](N)C(=O)NCCNC(=O)CNC(=O)CC(SC[C@H](N)C(=O)O)C(=O)O)C(=O)CO.O=C(O)C(F)(F)F. The number of aliphatic hydroxyl groups is 1. The number of halogens is 5. The van der Waals surface area contributed by atoms with E-state index in [0.717, 1.165) is 23.8 Å². The van der Waals surface area contributed by atoms with Crippen LogP contribution in [0, 0.1) is 17.0 Å². The molecule has 0 aliphatic carbocycles. The first-order chi connectivity index (χ1) is 30.3. The maximum Gasteiger partial charge on any atom is 0.490 e. The number of carboxylic acids is 3. The highest BCUT2D eigenvalue weighted by molar-refractivity contribution is 8.00. The summed E-state index contributed by atoms with van der Waals surface area (Å²) in [5, 5.41) is 41.5. The van der Waals surface area contributed by atoms with Crippen LogP contribution >= 0.6 is 11.8 Å². The Balaban J connectivity index is 0.00000191. The van der Waals surface area contributed by atoms with E-state index in [4.69, 9.17) is 26.5 Å². The molecule has 0 radical (unpaired) electrons. The van der Waals surface area contributed by atoms with Crippen molar-refractivity contribution >= 4 is 53.3 Å². The number of carbonyl (C=O) groups is 7. The smallest absolute Gasteiger partial charge is 0.480 e. The molecule has 0 spiro atoms. The molecular formula is C41H52F5N7O11S. The van der Waals surface area contributed by atoms with Gasteiger partial charge in [0.15, 0.2) is 0 Å². The topological polar surface area (TPSA) is 297 Å². The summed E-state index contributed by atoms with van der Waals surface area (Å²) < 4.78 is 62.9. The van der Waals surface area contributed by atoms with E-state index in [1.807, 2.05) is 55.7 Å². The number of alkyl halides is 3. The summed E-state index contributed by atoms with van der Waals surface area (Å²) in [5.74, 6) is -9.55. The molecule has 2 aromatic carbocycles. The first-order valence-corrected chi connectivity index (χ1v) is 20.6. The van der Waals surface area contributed by atoms with Gasteiger partial charge >= 0.3 is 24.1 Å². The summed E-state index contributed by atoms with van der Waals surface area (Å²) in [5.41, 5.74) is 12.8. The molecular weight excluding hydrogens is 894 g/mol. The largest absolute Gasteiger partial charge is 0.490 e. The number of carbonyl (C=O) groups excluding carboxylic acids is 4. The minimum absolute atomic E-state index is 0.0288. The Kier molecular flexibility index (Phi) is 21.5. The fourth-order valence-corrected chi connectivity index (χ4v) is 7.01. The summed E-state index contributed by atoms with van der Waals surface area (Å²) in [6.07, 6.45) is -3.96. The first-order valence-electron chi connectivity index (χ1n) is 19.6. The molecule has 1 unspecified atom stereocenters. The second kappa shape index (κ2) is 25.4. The Hall–Kier alpha value is -6.11. The van der Waals surface area contributed by atoms with Crippen molar-refractivity contribution in [1.29, 1.82) is 0 Å². The highest BCUT2D eigenvalue weighted by Crippen LogP contribution is 2.41. The lowest BCUT2D eigenvalue weighted by atomic mass is 9.82. The minimum Gasteiger partial charge on any atom is -0.480 e. The second-order valence-corrected chi connectivity index (χ2v) is 16.6. The molecule has 1 heterocycles. The molecule has 11 N–H and O–H groups in total. The Morgan fingerprint density at radius 2 is 1.45 bits per heavy atom. The number of rotatable bonds is 22. The van der Waals surface area contributed by atoms with Crippen LogP contribution in [0.15, 0.2) is 60.8 Å². The van der Waals surface area contributed by atoms with E-state index in [-0.39, 0.29) is 37.4 Å². The van der Waals surface area contributed by atoms with Gasteiger partial charge in [-0.25, -0.2) is 13.6 Å². The van der Waals surface area contributed by atoms with Crippen molar-refractivity contribution in [3.05, 3.63) is 83.7 Å². The number of nitrogens with zero attached hydrogens (tertiary/aromatic N) is 2. The predicted molar refractivity (Wildman–Crippen MR) is 226 cm³/mol. The summed E-state index contributed by atoms with van der Waals surface area (Å²) in [6.45, 7) is 4.47. The number of carboxylic acid groups (broad SMARTS) is 3. The number of aromatic nitrogens is 1. The lowest BCUT2D eigenvalue weighted by molar-refractivity contribution is -0.192. The Labute approximate surface area is 373 Å². The summed E-state index contributed by atoms with van der Waals surface area (Å²) in [6, 6.07) is 11.1. The van der Waals surface area contributed by atoms with Gasteiger partial charge in [0.05, 0.1) is 18.6 Å². The molecule has 358 valence electrons. The van der Waals surface area contributed by atoms with Gasteiger partial charge < -0.3 is 57.3 Å². The van der Waals surface area contributed by atoms with E-state index in [1.54, 1.807) is 12.3 Å². The Morgan fingerprint density at radius 3 is 2.00 bits per heavy atom. The van der Waals surface area contributed by atoms with Crippen LogP contribution in [0.3, 0.4) is 0 Å². The molecule has 0 aliphatic heterocycles. The molecule has 4 amide bonds. The maximum atomic E-state index is 15.0. The molecule has 24 heteroatoms. The van der Waals surface area contributed by atoms with Gasteiger partial charge in [-0.3, -0.25) is 28.8 Å². The quantitative estimate of drug-likeness (QED) is 0.0515. The van der Waals surface area contributed by atoms with E-state index in [1.165, 1.54) is 4.90 Å². The molecule has 4 atom stereocenters. The maximum absolute atomic E-state index is 15.0. The molecule has 0 bridgehead atoms. The van der Waals surface area contributed by atoms with E-state index in [9.17, 15) is 56.5 Å². The number of hydrogen-bond donors (Lipinski definition) is 9. The van der Waals surface area contributed by atoms with Gasteiger partial charge in [-0.2, -0.15) is 13.2 Å². The number of amides is 4. The second-order valence-electron chi connectivity index (χ2n) is 15.3. The summed E-state index contributed by atoms with van der Waals surface area (Å²) in [7, 11) is 0. The van der Waals surface area contributed by atoms with Gasteiger partial charge in [-0.15, -0.1) is 11.8 Å². The van der Waals surface area contributed by atoms with Crippen molar-refractivity contribution in [2.45, 2.75) is 69.7 Å². The number of nitrogens with two attached hydrogens (primary N) is 2. The van der Waals surface area contributed by atoms with Gasteiger partial charge in [0.1, 0.15) is 29.5 Å². The van der Waals surface area contributed by atoms with Crippen molar-refractivity contribution in [2.24, 2.45) is 16.9 Å². The van der Waals surface area contributed by atoms with Crippen molar-refractivity contribution in [1.82, 2.24) is 25.4 Å². The van der Waals surface area contributed by atoms with E-state index in [2.05, 4.69) is 16.0 Å². The fourth-order valence-electron chi connectivity index (χ4n) is 6.02. The third kappa shape index (κ3) is 18.5. The molecule has 65 heavy (non-hydrogen) atoms. The van der Waals surface area contributed by atoms with Crippen LogP contribution in [0.5, 0.6) is 0 Å². The normalized spacial score (nSPS) is 13.2. The molecule has 1 aromatic heterocycles. The highest BCUT2D eigenvalue weighted by Gasteiger charge is 2.39. The molecule has 3 rings (SSSR count). The van der Waals surface area contributed by atoms with Crippen LogP contribution in [0.2, 0.25) is 0 Å². The van der Waals surface area contributed by atoms with E-state index >= 15 is 4.39 Å². The Bertz CT molecular complexity index is 2120. The average Bonchev–Trinajstić information content (AvgIpc) is 3.63. The van der Waals surface area contributed by atoms with Gasteiger partial charge in [-0.1, -0.05) is 51.1 Å². The highest BCUT2D eigenvalue weighted by atomic mass is 32.2. The van der Waals surface area contributed by atoms with Gasteiger partial charge in [-0.05, 0) is 41.7 Å². The third-order valence-corrected chi connectivity index (χ3v) is 10.4. The zero-order valence-corrected chi connectivity index (χ0v) is 36.3. The number of aliphatic carboxylic acids is 3. The van der Waals surface area contributed by atoms with Crippen LogP contribution in [0.1, 0.15) is 50.9 Å². The molecule has 0 saturated heterocycles. The lowest BCUT2D eigenvalue weighted by Gasteiger charge is -2.41. The average molecular weight is 946 g/mol. The van der Waals surface area contributed by atoms with E-state index < -0.39 is 108 Å². The van der Waals surface area contributed by atoms with Crippen molar-refractivity contribution in [2.75, 3.05) is 38.5 Å². The van der Waals surface area contributed by atoms with Gasteiger partial charge in [0.25, 0.3) is 0 Å². The molecule has 0 aliphatic rings. The zero-order valence-electron chi connectivity index (χ0n) is 35.4. The van der Waals surface area contributed by atoms with E-state index in [0.29, 0.717) is 29.6 Å². The number of nitrogens with one attached hydrogen (secondary N) is 3. The predicted octanol–water partition coefficient (Wildman–Crippen LogP) is 2.08. The number of thioether (sulfide) groups is 1. The van der Waals surface area contributed by atoms with Crippen LogP contribution in [-0.4, -0.2) is 133 Å². The fraction of sp³-hybridized carbons (Fsp3) is 0.439. The van der Waals surface area contributed by atoms with Crippen LogP contribution in [-0.2, 0) is 40.1 Å². The molecule has 0 fully saturated rings. The summed E-state index contributed by atoms with van der Waals surface area (Å²) >= 11 is 0.690. The molecule has 0 saturated carbocycles. The first kappa shape index (κ1) is 55.0. The van der Waals surface area contributed by atoms with Crippen LogP contribution < -0.4 is 27.4 Å². The standard InChI is InChI=1S/C39H51F2N7O9S.C2HF3O2/c1-39(2,3)35(30-15-24(26-16-25(40)9-10-27(26)41)20-47(30)19-23-7-5-4-6-8-23)48(34(52)21-49)14-11-28(42)36(53)45-13-12-44-33(51)18-46-32(50)17-31(38(56)57)58-22-29(43)37(54)55;3-2(4,5)1(6)7/h4-10,15-16,20,28-29,31,35,49H,11-14,17-19,21-22,42-43H2,1-3H3,(H,44,51)(H,45,53)(H,46,50)(H,54,55)(H,56,57);(H,6,7)/t28-,29-,31?,35-;/m0./s1. The molecule has 18 nitrogen and oxygen atoms in total. The summed E-state index contributed by atoms with van der Waals surface area (Å²) in [4.78, 5) is 83.5. The monoisotopic (exact) mass is 945 g/mol. The molecule has 3 aromatic rings. The van der Waals surface area contributed by atoms with Crippen LogP contribution in [0.4, 0.5) is 22.0 Å². The van der Waals surface area contributed by atoms with Crippen molar-refractivity contribution in [3.63, 3.8) is 0 Å². The number of benzene rings is 2. The van der Waals surface area contributed by atoms with Gasteiger partial charge in [0, 0.05) is 61.4 Å². The number of hydrogen-bond acceptors (Lipinski definition) is 11. The van der Waals surface area contributed by atoms with Crippen LogP contribution in [0.25, 0.3) is 11.1 Å². The number of aliphatic hydroxyl groups excluding tert-OH is 1. The van der Waals surface area contributed by atoms with Crippen molar-refractivity contribution in [3.8, 4) is 11.1 Å². The lowest BCUT2D eigenvalue weighted by Crippen LogP contribution is -2.48. The zero-order chi connectivity index (χ0) is 49.2. The third-order valence-electron chi connectivity index (χ3n) is 9.13. The minimum atomic E-state index is -5.08.